The monoisotopic (exact) mass is 383 g/mol. The minimum atomic E-state index is -0.277. The molecule has 3 aromatic rings. The second-order valence-corrected chi connectivity index (χ2v) is 5.98. The lowest BCUT2D eigenvalue weighted by Crippen LogP contribution is -2.14. The lowest BCUT2D eigenvalue weighted by molar-refractivity contribution is 0.102. The average molecular weight is 384 g/mol. The van der Waals surface area contributed by atoms with Crippen molar-refractivity contribution >= 4 is 27.5 Å². The highest BCUT2D eigenvalue weighted by Gasteiger charge is 2.08. The molecule has 1 aromatic carbocycles. The van der Waals surface area contributed by atoms with E-state index in [2.05, 4.69) is 31.2 Å². The van der Waals surface area contributed by atoms with Gasteiger partial charge in [-0.05, 0) is 43.3 Å². The molecule has 0 fully saturated rings. The van der Waals surface area contributed by atoms with E-state index in [-0.39, 0.29) is 5.91 Å². The number of pyridine rings is 2. The number of hydrogen-bond acceptors (Lipinski definition) is 4. The van der Waals surface area contributed by atoms with E-state index < -0.39 is 0 Å². The lowest BCUT2D eigenvalue weighted by Gasteiger charge is -2.07. The number of nitrogens with zero attached hydrogens (tertiary/aromatic N) is 2. The molecule has 2 aromatic heterocycles. The molecule has 0 spiro atoms. The molecule has 0 atom stereocenters. The van der Waals surface area contributed by atoms with Gasteiger partial charge in [-0.25, -0.2) is 9.97 Å². The zero-order valence-corrected chi connectivity index (χ0v) is 14.4. The van der Waals surface area contributed by atoms with Gasteiger partial charge in [-0.15, -0.1) is 0 Å². The molecule has 0 aliphatic heterocycles. The first-order chi connectivity index (χ1) is 11.6. The van der Waals surface area contributed by atoms with Gasteiger partial charge in [0.1, 0.15) is 11.4 Å². The molecule has 0 saturated carbocycles. The molecule has 0 radical (unpaired) electrons. The fraction of sp³-hybridized carbons (Fsp3) is 0.0556. The Morgan fingerprint density at radius 2 is 1.96 bits per heavy atom. The fourth-order valence-electron chi connectivity index (χ4n) is 2.03. The number of carbonyl (C=O) groups excluding carboxylic acids is 1. The van der Waals surface area contributed by atoms with Crippen molar-refractivity contribution in [3.8, 4) is 11.6 Å². The Balaban J connectivity index is 1.67. The molecule has 24 heavy (non-hydrogen) atoms. The van der Waals surface area contributed by atoms with E-state index >= 15 is 0 Å². The number of halogens is 1. The molecular formula is C18H14BrN3O2. The minimum absolute atomic E-state index is 0.277. The third-order valence-corrected chi connectivity index (χ3v) is 3.63. The summed E-state index contributed by atoms with van der Waals surface area (Å²) in [5, 5.41) is 2.76. The second-order valence-electron chi connectivity index (χ2n) is 5.06. The van der Waals surface area contributed by atoms with Gasteiger partial charge in [-0.3, -0.25) is 4.79 Å². The van der Waals surface area contributed by atoms with E-state index in [1.165, 1.54) is 0 Å². The largest absolute Gasteiger partial charge is 0.439 e. The standard InChI is InChI=1S/C18H14BrN3O2/c1-12-4-2-7-16(21-12)18(23)22-14-8-9-17(20-11-14)24-15-6-3-5-13(19)10-15/h2-11H,1H3,(H,22,23). The summed E-state index contributed by atoms with van der Waals surface area (Å²) in [5.74, 6) is 0.846. The molecule has 120 valence electrons. The minimum Gasteiger partial charge on any atom is -0.439 e. The van der Waals surface area contributed by atoms with Crippen molar-refractivity contribution in [2.45, 2.75) is 6.92 Å². The van der Waals surface area contributed by atoms with Crippen molar-refractivity contribution in [1.29, 1.82) is 0 Å². The summed E-state index contributed by atoms with van der Waals surface area (Å²) < 4.78 is 6.58. The van der Waals surface area contributed by atoms with Gasteiger partial charge in [0, 0.05) is 16.2 Å². The van der Waals surface area contributed by atoms with E-state index in [9.17, 15) is 4.79 Å². The Hall–Kier alpha value is -2.73. The number of hydrogen-bond donors (Lipinski definition) is 1. The molecule has 6 heteroatoms. The number of ether oxygens (including phenoxy) is 1. The second kappa shape index (κ2) is 7.23. The normalized spacial score (nSPS) is 10.2. The van der Waals surface area contributed by atoms with Crippen LogP contribution in [0.15, 0.2) is 65.3 Å². The van der Waals surface area contributed by atoms with Crippen LogP contribution < -0.4 is 10.1 Å². The zero-order chi connectivity index (χ0) is 16.9. The Labute approximate surface area is 147 Å². The van der Waals surface area contributed by atoms with Gasteiger partial charge < -0.3 is 10.1 Å². The first kappa shape index (κ1) is 16.1. The predicted molar refractivity (Wildman–Crippen MR) is 95.4 cm³/mol. The Morgan fingerprint density at radius 3 is 2.67 bits per heavy atom. The predicted octanol–water partition coefficient (Wildman–Crippen LogP) is 4.59. The van der Waals surface area contributed by atoms with Gasteiger partial charge in [-0.1, -0.05) is 28.1 Å². The SMILES string of the molecule is Cc1cccc(C(=O)Nc2ccc(Oc3cccc(Br)c3)nc2)n1. The highest BCUT2D eigenvalue weighted by Crippen LogP contribution is 2.23. The molecule has 0 unspecified atom stereocenters. The van der Waals surface area contributed by atoms with E-state index in [0.717, 1.165) is 10.2 Å². The van der Waals surface area contributed by atoms with Crippen LogP contribution in [-0.4, -0.2) is 15.9 Å². The van der Waals surface area contributed by atoms with Crippen molar-refractivity contribution in [3.05, 3.63) is 76.7 Å². The van der Waals surface area contributed by atoms with Crippen LogP contribution >= 0.6 is 15.9 Å². The van der Waals surface area contributed by atoms with Crippen LogP contribution in [0, 0.1) is 6.92 Å². The number of aromatic nitrogens is 2. The number of benzene rings is 1. The van der Waals surface area contributed by atoms with Crippen molar-refractivity contribution in [2.24, 2.45) is 0 Å². The van der Waals surface area contributed by atoms with E-state index in [1.54, 1.807) is 30.5 Å². The summed E-state index contributed by atoms with van der Waals surface area (Å²) in [6.07, 6.45) is 1.54. The van der Waals surface area contributed by atoms with Crippen molar-refractivity contribution in [2.75, 3.05) is 5.32 Å². The van der Waals surface area contributed by atoms with Crippen LogP contribution in [0.5, 0.6) is 11.6 Å². The molecule has 0 aliphatic carbocycles. The summed E-state index contributed by atoms with van der Waals surface area (Å²) >= 11 is 3.39. The highest BCUT2D eigenvalue weighted by atomic mass is 79.9. The number of aryl methyl sites for hydroxylation is 1. The van der Waals surface area contributed by atoms with E-state index in [0.29, 0.717) is 23.0 Å². The molecule has 0 aliphatic rings. The zero-order valence-electron chi connectivity index (χ0n) is 12.9. The van der Waals surface area contributed by atoms with Gasteiger partial charge in [0.25, 0.3) is 5.91 Å². The number of anilines is 1. The maximum atomic E-state index is 12.1. The summed E-state index contributed by atoms with van der Waals surface area (Å²) in [4.78, 5) is 20.5. The van der Waals surface area contributed by atoms with Crippen LogP contribution in [0.1, 0.15) is 16.2 Å². The molecule has 1 amide bonds. The maximum absolute atomic E-state index is 12.1. The molecule has 1 N–H and O–H groups in total. The number of rotatable bonds is 4. The van der Waals surface area contributed by atoms with Crippen LogP contribution in [-0.2, 0) is 0 Å². The van der Waals surface area contributed by atoms with Crippen molar-refractivity contribution < 1.29 is 9.53 Å². The Morgan fingerprint density at radius 1 is 1.12 bits per heavy atom. The van der Waals surface area contributed by atoms with Gasteiger partial charge in [-0.2, -0.15) is 0 Å². The number of nitrogens with one attached hydrogen (secondary N) is 1. The van der Waals surface area contributed by atoms with Crippen LogP contribution in [0.3, 0.4) is 0 Å². The average Bonchev–Trinajstić information content (AvgIpc) is 2.57. The maximum Gasteiger partial charge on any atom is 0.274 e. The molecule has 2 heterocycles. The van der Waals surface area contributed by atoms with E-state index in [4.69, 9.17) is 4.74 Å². The quantitative estimate of drug-likeness (QED) is 0.715. The van der Waals surface area contributed by atoms with Crippen LogP contribution in [0.25, 0.3) is 0 Å². The first-order valence-corrected chi connectivity index (χ1v) is 8.04. The van der Waals surface area contributed by atoms with Gasteiger partial charge in [0.2, 0.25) is 5.88 Å². The summed E-state index contributed by atoms with van der Waals surface area (Å²) in [5.41, 5.74) is 1.73. The fourth-order valence-corrected chi connectivity index (χ4v) is 2.41. The van der Waals surface area contributed by atoms with Gasteiger partial charge in [0.05, 0.1) is 11.9 Å². The third-order valence-electron chi connectivity index (χ3n) is 3.13. The van der Waals surface area contributed by atoms with Crippen molar-refractivity contribution in [1.82, 2.24) is 9.97 Å². The Bertz CT molecular complexity index is 866. The molecule has 0 bridgehead atoms. The van der Waals surface area contributed by atoms with Crippen LogP contribution in [0.2, 0.25) is 0 Å². The number of carbonyl (C=O) groups is 1. The smallest absolute Gasteiger partial charge is 0.274 e. The highest BCUT2D eigenvalue weighted by molar-refractivity contribution is 9.10. The summed E-state index contributed by atoms with van der Waals surface area (Å²) in [6.45, 7) is 1.84. The van der Waals surface area contributed by atoms with Gasteiger partial charge in [0.15, 0.2) is 0 Å². The molecule has 5 nitrogen and oxygen atoms in total. The summed E-state index contributed by atoms with van der Waals surface area (Å²) in [7, 11) is 0. The van der Waals surface area contributed by atoms with E-state index in [1.807, 2.05) is 37.3 Å². The molecular weight excluding hydrogens is 370 g/mol. The third kappa shape index (κ3) is 4.17. The Kier molecular flexibility index (Phi) is 4.86. The lowest BCUT2D eigenvalue weighted by atomic mass is 10.3. The number of amides is 1. The summed E-state index contributed by atoms with van der Waals surface area (Å²) in [6, 6.07) is 16.2. The molecule has 0 saturated heterocycles. The molecule has 3 rings (SSSR count). The van der Waals surface area contributed by atoms with Crippen LogP contribution in [0.4, 0.5) is 5.69 Å². The topological polar surface area (TPSA) is 64.1 Å². The van der Waals surface area contributed by atoms with Crippen molar-refractivity contribution in [3.63, 3.8) is 0 Å². The van der Waals surface area contributed by atoms with Gasteiger partial charge >= 0.3 is 0 Å². The first-order valence-electron chi connectivity index (χ1n) is 7.25.